The maximum Gasteiger partial charge on any atom is 0.115 e. The van der Waals surface area contributed by atoms with Crippen LogP contribution in [0.25, 0.3) is 22.1 Å². The molecule has 0 N–H and O–H groups in total. The van der Waals surface area contributed by atoms with E-state index in [0.717, 1.165) is 60.1 Å². The molecule has 116 valence electrons. The molecule has 5 heteroatoms. The first kappa shape index (κ1) is 15.2. The van der Waals surface area contributed by atoms with E-state index in [9.17, 15) is 0 Å². The first-order valence-electron chi connectivity index (χ1n) is 8.00. The van der Waals surface area contributed by atoms with E-state index in [0.29, 0.717) is 5.88 Å². The van der Waals surface area contributed by atoms with Crippen molar-refractivity contribution in [3.8, 4) is 0 Å². The summed E-state index contributed by atoms with van der Waals surface area (Å²) < 4.78 is 2.33. The molecule has 4 nitrogen and oxygen atoms in total. The summed E-state index contributed by atoms with van der Waals surface area (Å²) >= 11 is 5.83. The number of halogens is 1. The second kappa shape index (κ2) is 7.05. The third kappa shape index (κ3) is 2.93. The number of aryl methyl sites for hydroxylation is 2. The molecule has 3 aromatic heterocycles. The number of imidazole rings is 1. The van der Waals surface area contributed by atoms with E-state index in [-0.39, 0.29) is 0 Å². The van der Waals surface area contributed by atoms with Crippen LogP contribution in [0.15, 0.2) is 24.5 Å². The predicted molar refractivity (Wildman–Crippen MR) is 91.4 cm³/mol. The number of hydrogen-bond donors (Lipinski definition) is 0. The molecule has 22 heavy (non-hydrogen) atoms. The standard InChI is InChI=1S/C17H21ClN4/c1-2-3-8-15-21-14-12-20-13-7-6-10-19-16(13)17(14)22(15)11-5-4-9-18/h6-7,10,12H,2-5,8-9,11H2,1H3. The molecule has 0 aliphatic rings. The van der Waals surface area contributed by atoms with Crippen molar-refractivity contribution < 1.29 is 0 Å². The maximum absolute atomic E-state index is 5.83. The molecule has 0 aromatic carbocycles. The topological polar surface area (TPSA) is 43.6 Å². The molecular weight excluding hydrogens is 296 g/mol. The molecule has 0 amide bonds. The Hall–Kier alpha value is -1.68. The van der Waals surface area contributed by atoms with Crippen LogP contribution in [0.5, 0.6) is 0 Å². The van der Waals surface area contributed by atoms with E-state index in [1.807, 2.05) is 24.5 Å². The van der Waals surface area contributed by atoms with Gasteiger partial charge in [-0.25, -0.2) is 4.98 Å². The molecule has 0 aliphatic heterocycles. The van der Waals surface area contributed by atoms with Crippen molar-refractivity contribution >= 4 is 33.7 Å². The van der Waals surface area contributed by atoms with Gasteiger partial charge in [-0.1, -0.05) is 13.3 Å². The molecular formula is C17H21ClN4. The Morgan fingerprint density at radius 1 is 1.14 bits per heavy atom. The van der Waals surface area contributed by atoms with Crippen LogP contribution < -0.4 is 0 Å². The fraction of sp³-hybridized carbons (Fsp3) is 0.471. The van der Waals surface area contributed by atoms with Crippen molar-refractivity contribution in [3.63, 3.8) is 0 Å². The van der Waals surface area contributed by atoms with Crippen LogP contribution in [0, 0.1) is 0 Å². The minimum atomic E-state index is 0.706. The molecule has 0 bridgehead atoms. The van der Waals surface area contributed by atoms with Crippen molar-refractivity contribution in [2.24, 2.45) is 0 Å². The van der Waals surface area contributed by atoms with Crippen LogP contribution in [0.3, 0.4) is 0 Å². The van der Waals surface area contributed by atoms with Crippen LogP contribution in [0.4, 0.5) is 0 Å². The van der Waals surface area contributed by atoms with Crippen molar-refractivity contribution in [1.29, 1.82) is 0 Å². The maximum atomic E-state index is 5.83. The number of rotatable bonds is 7. The SMILES string of the molecule is CCCCc1nc2cnc3cccnc3c2n1CCCCCl. The zero-order chi connectivity index (χ0) is 15.4. The normalized spacial score (nSPS) is 11.5. The van der Waals surface area contributed by atoms with E-state index in [1.54, 1.807) is 0 Å². The third-order valence-corrected chi connectivity index (χ3v) is 4.20. The fourth-order valence-electron chi connectivity index (χ4n) is 2.80. The van der Waals surface area contributed by atoms with Crippen LogP contribution in [0.1, 0.15) is 38.4 Å². The smallest absolute Gasteiger partial charge is 0.115 e. The first-order valence-corrected chi connectivity index (χ1v) is 8.53. The minimum absolute atomic E-state index is 0.706. The Morgan fingerprint density at radius 2 is 2.05 bits per heavy atom. The molecule has 3 rings (SSSR count). The quantitative estimate of drug-likeness (QED) is 0.481. The van der Waals surface area contributed by atoms with Crippen molar-refractivity contribution in [3.05, 3.63) is 30.4 Å². The second-order valence-corrected chi connectivity index (χ2v) is 5.92. The molecule has 0 unspecified atom stereocenters. The zero-order valence-corrected chi connectivity index (χ0v) is 13.7. The summed E-state index contributed by atoms with van der Waals surface area (Å²) in [7, 11) is 0. The lowest BCUT2D eigenvalue weighted by Crippen LogP contribution is -2.05. The average molecular weight is 317 g/mol. The highest BCUT2D eigenvalue weighted by atomic mass is 35.5. The highest BCUT2D eigenvalue weighted by Crippen LogP contribution is 2.24. The van der Waals surface area contributed by atoms with Crippen LogP contribution >= 0.6 is 11.6 Å². The Morgan fingerprint density at radius 3 is 2.86 bits per heavy atom. The zero-order valence-electron chi connectivity index (χ0n) is 12.9. The molecule has 0 aliphatic carbocycles. The lowest BCUT2D eigenvalue weighted by Gasteiger charge is -2.09. The van der Waals surface area contributed by atoms with Gasteiger partial charge in [-0.05, 0) is 31.4 Å². The van der Waals surface area contributed by atoms with Gasteiger partial charge >= 0.3 is 0 Å². The summed E-state index contributed by atoms with van der Waals surface area (Å²) in [6, 6.07) is 3.93. The van der Waals surface area contributed by atoms with Crippen molar-refractivity contribution in [1.82, 2.24) is 19.5 Å². The predicted octanol–water partition coefficient (Wildman–Crippen LogP) is 4.34. The summed E-state index contributed by atoms with van der Waals surface area (Å²) in [5.74, 6) is 1.85. The van der Waals surface area contributed by atoms with Gasteiger partial charge in [0.2, 0.25) is 0 Å². The van der Waals surface area contributed by atoms with Crippen LogP contribution in [0.2, 0.25) is 0 Å². The number of pyridine rings is 2. The van der Waals surface area contributed by atoms with E-state index >= 15 is 0 Å². The summed E-state index contributed by atoms with van der Waals surface area (Å²) in [5.41, 5.74) is 3.94. The lowest BCUT2D eigenvalue weighted by molar-refractivity contribution is 0.606. The number of fused-ring (bicyclic) bond motifs is 3. The van der Waals surface area contributed by atoms with Gasteiger partial charge in [-0.3, -0.25) is 9.97 Å². The molecule has 0 saturated heterocycles. The molecule has 3 aromatic rings. The van der Waals surface area contributed by atoms with E-state index in [1.165, 1.54) is 6.42 Å². The Labute approximate surface area is 135 Å². The van der Waals surface area contributed by atoms with Gasteiger partial charge in [0, 0.05) is 25.0 Å². The van der Waals surface area contributed by atoms with Gasteiger partial charge in [0.05, 0.1) is 17.2 Å². The molecule has 0 fully saturated rings. The van der Waals surface area contributed by atoms with E-state index in [4.69, 9.17) is 16.6 Å². The molecule has 0 saturated carbocycles. The number of aromatic nitrogens is 4. The molecule has 0 radical (unpaired) electrons. The number of nitrogens with zero attached hydrogens (tertiary/aromatic N) is 4. The highest BCUT2D eigenvalue weighted by molar-refractivity contribution is 6.17. The highest BCUT2D eigenvalue weighted by Gasteiger charge is 2.14. The average Bonchev–Trinajstić information content (AvgIpc) is 2.91. The van der Waals surface area contributed by atoms with Gasteiger partial charge in [0.1, 0.15) is 16.9 Å². The number of hydrogen-bond acceptors (Lipinski definition) is 3. The van der Waals surface area contributed by atoms with Crippen LogP contribution in [-0.2, 0) is 13.0 Å². The van der Waals surface area contributed by atoms with Gasteiger partial charge in [0.25, 0.3) is 0 Å². The van der Waals surface area contributed by atoms with Gasteiger partial charge in [-0.2, -0.15) is 0 Å². The minimum Gasteiger partial charge on any atom is -0.326 e. The largest absolute Gasteiger partial charge is 0.326 e. The fourth-order valence-corrected chi connectivity index (χ4v) is 2.99. The van der Waals surface area contributed by atoms with Gasteiger partial charge in [-0.15, -0.1) is 11.6 Å². The van der Waals surface area contributed by atoms with Crippen molar-refractivity contribution in [2.45, 2.75) is 45.6 Å². The van der Waals surface area contributed by atoms with Crippen LogP contribution in [-0.4, -0.2) is 25.4 Å². The van der Waals surface area contributed by atoms with E-state index in [2.05, 4.69) is 21.5 Å². The van der Waals surface area contributed by atoms with Crippen molar-refractivity contribution in [2.75, 3.05) is 5.88 Å². The summed E-state index contributed by atoms with van der Waals surface area (Å²) in [4.78, 5) is 13.8. The summed E-state index contributed by atoms with van der Waals surface area (Å²) in [6.45, 7) is 3.15. The number of alkyl halides is 1. The Kier molecular flexibility index (Phi) is 4.88. The molecule has 0 atom stereocenters. The lowest BCUT2D eigenvalue weighted by atomic mass is 10.2. The number of unbranched alkanes of at least 4 members (excludes halogenated alkanes) is 2. The first-order chi connectivity index (χ1) is 10.8. The van der Waals surface area contributed by atoms with Gasteiger partial charge in [0.15, 0.2) is 0 Å². The summed E-state index contributed by atoms with van der Waals surface area (Å²) in [6.07, 6.45) is 9.09. The second-order valence-electron chi connectivity index (χ2n) is 5.54. The monoisotopic (exact) mass is 316 g/mol. The Bertz CT molecular complexity index is 766. The molecule has 3 heterocycles. The summed E-state index contributed by atoms with van der Waals surface area (Å²) in [5, 5.41) is 0. The van der Waals surface area contributed by atoms with Gasteiger partial charge < -0.3 is 4.57 Å². The third-order valence-electron chi connectivity index (χ3n) is 3.93. The Balaban J connectivity index is 2.12. The van der Waals surface area contributed by atoms with E-state index < -0.39 is 0 Å². The molecule has 0 spiro atoms.